The predicted octanol–water partition coefficient (Wildman–Crippen LogP) is 3.59. The van der Waals surface area contributed by atoms with Gasteiger partial charge in [-0.2, -0.15) is 15.1 Å². The molecule has 3 aromatic heterocycles. The summed E-state index contributed by atoms with van der Waals surface area (Å²) < 4.78 is 1.38. The fourth-order valence-corrected chi connectivity index (χ4v) is 4.12. The molecular formula is C19H16Cl3N9O. The summed E-state index contributed by atoms with van der Waals surface area (Å²) >= 11 is 18.7. The van der Waals surface area contributed by atoms with Crippen LogP contribution in [0.1, 0.15) is 24.7 Å². The average molecular weight is 493 g/mol. The Bertz CT molecular complexity index is 1410. The molecule has 1 fully saturated rings. The lowest BCUT2D eigenvalue weighted by Crippen LogP contribution is -2.30. The van der Waals surface area contributed by atoms with E-state index in [2.05, 4.69) is 25.5 Å². The van der Waals surface area contributed by atoms with Crippen molar-refractivity contribution in [1.29, 1.82) is 0 Å². The molecule has 1 atom stereocenters. The molecule has 1 saturated carbocycles. The number of benzene rings is 1. The molecule has 6 N–H and O–H groups in total. The molecule has 5 rings (SSSR count). The zero-order valence-electron chi connectivity index (χ0n) is 16.3. The number of nitrogen functional groups attached to an aromatic ring is 2. The van der Waals surface area contributed by atoms with Gasteiger partial charge in [-0.25, -0.2) is 9.55 Å². The molecule has 164 valence electrons. The van der Waals surface area contributed by atoms with Gasteiger partial charge in [0, 0.05) is 6.07 Å². The van der Waals surface area contributed by atoms with Gasteiger partial charge in [0.15, 0.2) is 11.6 Å². The lowest BCUT2D eigenvalue weighted by Gasteiger charge is -2.23. The number of nitrogens with one attached hydrogen (secondary N) is 2. The number of aromatic nitrogens is 6. The molecule has 0 amide bonds. The summed E-state index contributed by atoms with van der Waals surface area (Å²) in [6, 6.07) is 6.18. The number of nitrogens with two attached hydrogens (primary N) is 2. The van der Waals surface area contributed by atoms with Gasteiger partial charge in [-0.1, -0.05) is 40.9 Å². The summed E-state index contributed by atoms with van der Waals surface area (Å²) in [5.41, 5.74) is 11.7. The lowest BCUT2D eigenvalue weighted by atomic mass is 10.1. The molecule has 0 spiro atoms. The molecule has 0 saturated heterocycles. The number of aromatic amines is 1. The summed E-state index contributed by atoms with van der Waals surface area (Å²) in [5.74, 6) is 1.12. The first-order valence-corrected chi connectivity index (χ1v) is 10.7. The highest BCUT2D eigenvalue weighted by Gasteiger charge is 2.37. The van der Waals surface area contributed by atoms with Crippen LogP contribution in [0, 0.1) is 5.92 Å². The van der Waals surface area contributed by atoms with Crippen molar-refractivity contribution in [1.82, 2.24) is 29.7 Å². The molecule has 4 aromatic rings. The summed E-state index contributed by atoms with van der Waals surface area (Å²) in [4.78, 5) is 26.4. The number of rotatable bonds is 5. The van der Waals surface area contributed by atoms with Crippen LogP contribution < -0.4 is 22.3 Å². The normalized spacial score (nSPS) is 14.6. The Morgan fingerprint density at radius 1 is 1.16 bits per heavy atom. The second-order valence-electron chi connectivity index (χ2n) is 7.41. The summed E-state index contributed by atoms with van der Waals surface area (Å²) in [5, 5.41) is 11.0. The van der Waals surface area contributed by atoms with Crippen molar-refractivity contribution in [3.05, 3.63) is 55.6 Å². The highest BCUT2D eigenvalue weighted by atomic mass is 35.5. The molecule has 0 bridgehead atoms. The summed E-state index contributed by atoms with van der Waals surface area (Å²) in [6.45, 7) is 0. The minimum Gasteiger partial charge on any atom is -0.382 e. The average Bonchev–Trinajstić information content (AvgIpc) is 3.49. The molecule has 1 aliphatic rings. The zero-order chi connectivity index (χ0) is 22.6. The van der Waals surface area contributed by atoms with Crippen molar-refractivity contribution >= 4 is 63.3 Å². The minimum atomic E-state index is -0.451. The van der Waals surface area contributed by atoms with E-state index in [-0.39, 0.29) is 55.5 Å². The van der Waals surface area contributed by atoms with Crippen LogP contribution in [-0.4, -0.2) is 29.7 Å². The van der Waals surface area contributed by atoms with E-state index in [9.17, 15) is 4.79 Å². The van der Waals surface area contributed by atoms with Crippen LogP contribution in [0.5, 0.6) is 0 Å². The number of anilines is 3. The van der Waals surface area contributed by atoms with Crippen LogP contribution in [0.25, 0.3) is 16.7 Å². The highest BCUT2D eigenvalue weighted by Crippen LogP contribution is 2.44. The van der Waals surface area contributed by atoms with Gasteiger partial charge in [-0.15, -0.1) is 0 Å². The molecule has 1 aliphatic carbocycles. The van der Waals surface area contributed by atoms with Gasteiger partial charge in [-0.3, -0.25) is 9.89 Å². The van der Waals surface area contributed by atoms with Crippen LogP contribution in [0.4, 0.5) is 17.6 Å². The maximum absolute atomic E-state index is 13.6. The van der Waals surface area contributed by atoms with Crippen molar-refractivity contribution in [3.63, 3.8) is 0 Å². The van der Waals surface area contributed by atoms with E-state index in [1.54, 1.807) is 18.2 Å². The third-order valence-corrected chi connectivity index (χ3v) is 6.07. The van der Waals surface area contributed by atoms with E-state index >= 15 is 0 Å². The molecule has 13 heteroatoms. The Morgan fingerprint density at radius 2 is 1.94 bits per heavy atom. The second-order valence-corrected chi connectivity index (χ2v) is 8.60. The van der Waals surface area contributed by atoms with Crippen molar-refractivity contribution in [2.45, 2.75) is 18.9 Å². The smallest absolute Gasteiger partial charge is 0.268 e. The molecule has 0 unspecified atom stereocenters. The summed E-state index contributed by atoms with van der Waals surface area (Å²) in [7, 11) is 0. The number of halogens is 3. The van der Waals surface area contributed by atoms with Crippen LogP contribution >= 0.6 is 34.8 Å². The Labute approximate surface area is 195 Å². The predicted molar refractivity (Wildman–Crippen MR) is 124 cm³/mol. The molecule has 0 aliphatic heterocycles. The maximum atomic E-state index is 13.6. The van der Waals surface area contributed by atoms with Gasteiger partial charge in [0.1, 0.15) is 21.8 Å². The van der Waals surface area contributed by atoms with E-state index in [1.165, 1.54) is 10.6 Å². The Kier molecular flexibility index (Phi) is 5.07. The highest BCUT2D eigenvalue weighted by molar-refractivity contribution is 6.35. The first-order valence-electron chi connectivity index (χ1n) is 9.61. The topological polar surface area (TPSA) is 153 Å². The number of hydrogen-bond acceptors (Lipinski definition) is 8. The van der Waals surface area contributed by atoms with E-state index in [0.717, 1.165) is 12.8 Å². The number of H-pyrrole nitrogens is 1. The van der Waals surface area contributed by atoms with E-state index in [4.69, 9.17) is 51.3 Å². The van der Waals surface area contributed by atoms with E-state index in [1.807, 2.05) is 0 Å². The number of fused-ring (bicyclic) bond motifs is 1. The van der Waals surface area contributed by atoms with Gasteiger partial charge in [-0.05, 0) is 30.9 Å². The van der Waals surface area contributed by atoms with Gasteiger partial charge < -0.3 is 16.8 Å². The molecular weight excluding hydrogens is 477 g/mol. The molecule has 10 nitrogen and oxygen atoms in total. The Balaban J connectivity index is 1.75. The van der Waals surface area contributed by atoms with Crippen molar-refractivity contribution in [2.75, 3.05) is 16.8 Å². The minimum absolute atomic E-state index is 0.0290. The lowest BCUT2D eigenvalue weighted by molar-refractivity contribution is 0.605. The molecule has 0 radical (unpaired) electrons. The standard InChI is InChI=1S/C19H16Cl3N9O/c20-8-2-1-3-9-12(8)18(32)31(11-6-10(21)29-30-11)17(25-9)14(7-4-5-7)26-16-13(22)15(23)27-19(24)28-16/h1-3,6-7,14H,4-5H2,(H,29,30)(H5,23,24,26,27,28)/t14-/m0/s1. The Hall–Kier alpha value is -3.08. The van der Waals surface area contributed by atoms with Crippen LogP contribution in [0.15, 0.2) is 29.1 Å². The number of hydrogen-bond donors (Lipinski definition) is 4. The maximum Gasteiger partial charge on any atom is 0.268 e. The quantitative estimate of drug-likeness (QED) is 0.329. The van der Waals surface area contributed by atoms with Crippen molar-refractivity contribution < 1.29 is 0 Å². The van der Waals surface area contributed by atoms with Crippen molar-refractivity contribution in [2.24, 2.45) is 5.92 Å². The molecule has 3 heterocycles. The SMILES string of the molecule is Nc1nc(N)c(Cl)c(N[C@H](c2nc3cccc(Cl)c3c(=O)n2-c2cc(Cl)[nH]n2)C2CC2)n1. The Morgan fingerprint density at radius 3 is 2.62 bits per heavy atom. The second kappa shape index (κ2) is 7.80. The van der Waals surface area contributed by atoms with E-state index < -0.39 is 6.04 Å². The van der Waals surface area contributed by atoms with E-state index in [0.29, 0.717) is 11.3 Å². The van der Waals surface area contributed by atoms with Crippen LogP contribution in [-0.2, 0) is 0 Å². The third kappa shape index (κ3) is 3.60. The fraction of sp³-hybridized carbons (Fsp3) is 0.211. The fourth-order valence-electron chi connectivity index (χ4n) is 3.59. The first-order chi connectivity index (χ1) is 15.3. The van der Waals surface area contributed by atoms with Crippen molar-refractivity contribution in [3.8, 4) is 5.82 Å². The van der Waals surface area contributed by atoms with Gasteiger partial charge >= 0.3 is 0 Å². The largest absolute Gasteiger partial charge is 0.382 e. The molecule has 1 aromatic carbocycles. The summed E-state index contributed by atoms with van der Waals surface area (Å²) in [6.07, 6.45) is 1.83. The molecule has 32 heavy (non-hydrogen) atoms. The third-order valence-electron chi connectivity index (χ3n) is 5.19. The zero-order valence-corrected chi connectivity index (χ0v) is 18.6. The van der Waals surface area contributed by atoms with Gasteiger partial charge in [0.05, 0.1) is 22.0 Å². The number of nitrogens with zero attached hydrogens (tertiary/aromatic N) is 5. The monoisotopic (exact) mass is 491 g/mol. The van der Waals surface area contributed by atoms with Gasteiger partial charge in [0.25, 0.3) is 5.56 Å². The van der Waals surface area contributed by atoms with Crippen LogP contribution in [0.3, 0.4) is 0 Å². The van der Waals surface area contributed by atoms with Crippen LogP contribution in [0.2, 0.25) is 15.2 Å². The first kappa shape index (κ1) is 20.8. The van der Waals surface area contributed by atoms with Gasteiger partial charge in [0.2, 0.25) is 5.95 Å².